The molecule has 4 nitrogen and oxygen atoms in total. The first-order valence-electron chi connectivity index (χ1n) is 6.44. The molecule has 104 valence electrons. The fourth-order valence-corrected chi connectivity index (χ4v) is 2.22. The van der Waals surface area contributed by atoms with E-state index in [0.29, 0.717) is 31.7 Å². The second kappa shape index (κ2) is 6.63. The van der Waals surface area contributed by atoms with Gasteiger partial charge in [0.1, 0.15) is 5.82 Å². The quantitative estimate of drug-likeness (QED) is 0.884. The van der Waals surface area contributed by atoms with Gasteiger partial charge in [-0.3, -0.25) is 4.79 Å². The number of halogens is 1. The van der Waals surface area contributed by atoms with Crippen molar-refractivity contribution in [1.82, 2.24) is 4.90 Å². The Morgan fingerprint density at radius 2 is 2.26 bits per heavy atom. The predicted octanol–water partition coefficient (Wildman–Crippen LogP) is 0.978. The number of rotatable bonds is 4. The summed E-state index contributed by atoms with van der Waals surface area (Å²) in [6.45, 7) is 1.23. The van der Waals surface area contributed by atoms with Crippen LogP contribution in [0.4, 0.5) is 4.39 Å². The van der Waals surface area contributed by atoms with Gasteiger partial charge in [-0.2, -0.15) is 0 Å². The standard InChI is InChI=1S/C14H18FNO3/c15-13-4-2-1-3-11(13)5-6-14(18)16-7-8-19-10-12(16)9-17/h1-4,12,17H,5-10H2. The Hall–Kier alpha value is -1.46. The Morgan fingerprint density at radius 1 is 1.47 bits per heavy atom. The Kier molecular flexibility index (Phi) is 4.87. The van der Waals surface area contributed by atoms with E-state index in [1.807, 2.05) is 0 Å². The first kappa shape index (κ1) is 14.0. The zero-order valence-electron chi connectivity index (χ0n) is 10.7. The Morgan fingerprint density at radius 3 is 3.00 bits per heavy atom. The van der Waals surface area contributed by atoms with Crippen LogP contribution < -0.4 is 0 Å². The molecular weight excluding hydrogens is 249 g/mol. The zero-order valence-corrected chi connectivity index (χ0v) is 10.7. The smallest absolute Gasteiger partial charge is 0.223 e. The first-order chi connectivity index (χ1) is 9.22. The lowest BCUT2D eigenvalue weighted by molar-refractivity contribution is -0.141. The largest absolute Gasteiger partial charge is 0.394 e. The van der Waals surface area contributed by atoms with Gasteiger partial charge in [0.2, 0.25) is 5.91 Å². The summed E-state index contributed by atoms with van der Waals surface area (Å²) >= 11 is 0. The molecule has 1 aliphatic rings. The van der Waals surface area contributed by atoms with Gasteiger partial charge in [-0.25, -0.2) is 4.39 Å². The van der Waals surface area contributed by atoms with Crippen molar-refractivity contribution in [2.75, 3.05) is 26.4 Å². The van der Waals surface area contributed by atoms with Crippen molar-refractivity contribution in [3.05, 3.63) is 35.6 Å². The average molecular weight is 267 g/mol. The number of aliphatic hydroxyl groups excluding tert-OH is 1. The number of amides is 1. The van der Waals surface area contributed by atoms with Crippen molar-refractivity contribution in [3.63, 3.8) is 0 Å². The molecule has 1 fully saturated rings. The van der Waals surface area contributed by atoms with Gasteiger partial charge in [-0.05, 0) is 18.1 Å². The second-order valence-corrected chi connectivity index (χ2v) is 4.59. The third-order valence-electron chi connectivity index (χ3n) is 3.32. The van der Waals surface area contributed by atoms with E-state index in [1.54, 1.807) is 23.1 Å². The molecule has 1 saturated heterocycles. The minimum Gasteiger partial charge on any atom is -0.394 e. The van der Waals surface area contributed by atoms with Crippen LogP contribution in [0.25, 0.3) is 0 Å². The number of benzene rings is 1. The number of carbonyl (C=O) groups excluding carboxylic acids is 1. The SMILES string of the molecule is O=C(CCc1ccccc1F)N1CCOCC1CO. The molecule has 1 unspecified atom stereocenters. The number of hydrogen-bond acceptors (Lipinski definition) is 3. The van der Waals surface area contributed by atoms with Crippen LogP contribution >= 0.6 is 0 Å². The molecule has 1 aromatic rings. The topological polar surface area (TPSA) is 49.8 Å². The van der Waals surface area contributed by atoms with Crippen LogP contribution in [0.15, 0.2) is 24.3 Å². The average Bonchev–Trinajstić information content (AvgIpc) is 2.46. The van der Waals surface area contributed by atoms with Crippen LogP contribution in [-0.4, -0.2) is 48.3 Å². The highest BCUT2D eigenvalue weighted by atomic mass is 19.1. The Labute approximate surface area is 111 Å². The minimum absolute atomic E-state index is 0.0643. The molecule has 1 atom stereocenters. The second-order valence-electron chi connectivity index (χ2n) is 4.59. The number of aryl methyl sites for hydroxylation is 1. The van der Waals surface area contributed by atoms with Crippen LogP contribution in [0.2, 0.25) is 0 Å². The molecule has 1 heterocycles. The van der Waals surface area contributed by atoms with Crippen molar-refractivity contribution in [2.24, 2.45) is 0 Å². The summed E-state index contributed by atoms with van der Waals surface area (Å²) in [6.07, 6.45) is 0.623. The fourth-order valence-electron chi connectivity index (χ4n) is 2.22. The molecule has 0 radical (unpaired) electrons. The van der Waals surface area contributed by atoms with Crippen LogP contribution in [-0.2, 0) is 16.0 Å². The molecule has 19 heavy (non-hydrogen) atoms. The Bertz CT molecular complexity index is 438. The molecule has 1 aromatic carbocycles. The highest BCUT2D eigenvalue weighted by Crippen LogP contribution is 2.13. The third-order valence-corrected chi connectivity index (χ3v) is 3.32. The predicted molar refractivity (Wildman–Crippen MR) is 68.1 cm³/mol. The number of hydrogen-bond donors (Lipinski definition) is 1. The van der Waals surface area contributed by atoms with Gasteiger partial charge >= 0.3 is 0 Å². The lowest BCUT2D eigenvalue weighted by atomic mass is 10.1. The highest BCUT2D eigenvalue weighted by Gasteiger charge is 2.26. The summed E-state index contributed by atoms with van der Waals surface area (Å²) in [5.74, 6) is -0.346. The summed E-state index contributed by atoms with van der Waals surface area (Å²) in [5.41, 5.74) is 0.546. The van der Waals surface area contributed by atoms with Crippen LogP contribution in [0.1, 0.15) is 12.0 Å². The normalized spacial score (nSPS) is 19.5. The molecule has 0 spiro atoms. The van der Waals surface area contributed by atoms with Crippen molar-refractivity contribution in [1.29, 1.82) is 0 Å². The van der Waals surface area contributed by atoms with Gasteiger partial charge in [-0.1, -0.05) is 18.2 Å². The van der Waals surface area contributed by atoms with E-state index in [4.69, 9.17) is 4.74 Å². The third kappa shape index (κ3) is 3.52. The van der Waals surface area contributed by atoms with E-state index in [2.05, 4.69) is 0 Å². The van der Waals surface area contributed by atoms with Gasteiger partial charge in [-0.15, -0.1) is 0 Å². The first-order valence-corrected chi connectivity index (χ1v) is 6.44. The maximum absolute atomic E-state index is 13.4. The number of morpholine rings is 1. The van der Waals surface area contributed by atoms with Gasteiger partial charge in [0.25, 0.3) is 0 Å². The number of nitrogens with zero attached hydrogens (tertiary/aromatic N) is 1. The maximum Gasteiger partial charge on any atom is 0.223 e. The lowest BCUT2D eigenvalue weighted by Crippen LogP contribution is -2.50. The van der Waals surface area contributed by atoms with E-state index in [0.717, 1.165) is 0 Å². The molecule has 5 heteroatoms. The minimum atomic E-state index is -0.281. The number of aliphatic hydroxyl groups is 1. The van der Waals surface area contributed by atoms with Gasteiger partial charge in [0, 0.05) is 13.0 Å². The summed E-state index contributed by atoms with van der Waals surface area (Å²) < 4.78 is 18.7. The summed E-state index contributed by atoms with van der Waals surface area (Å²) in [4.78, 5) is 13.7. The molecule has 0 bridgehead atoms. The summed E-state index contributed by atoms with van der Waals surface area (Å²) in [7, 11) is 0. The molecule has 2 rings (SSSR count). The number of ether oxygens (including phenoxy) is 1. The maximum atomic E-state index is 13.4. The van der Waals surface area contributed by atoms with Crippen molar-refractivity contribution < 1.29 is 19.0 Å². The van der Waals surface area contributed by atoms with Gasteiger partial charge < -0.3 is 14.7 Å². The van der Waals surface area contributed by atoms with Crippen molar-refractivity contribution in [3.8, 4) is 0 Å². The molecule has 1 aliphatic heterocycles. The molecule has 0 aliphatic carbocycles. The molecule has 1 amide bonds. The van der Waals surface area contributed by atoms with Crippen LogP contribution in [0.5, 0.6) is 0 Å². The van der Waals surface area contributed by atoms with E-state index >= 15 is 0 Å². The van der Waals surface area contributed by atoms with Gasteiger partial charge in [0.05, 0.1) is 25.9 Å². The Balaban J connectivity index is 1.92. The molecular formula is C14H18FNO3. The lowest BCUT2D eigenvalue weighted by Gasteiger charge is -2.34. The van der Waals surface area contributed by atoms with E-state index in [-0.39, 0.29) is 30.8 Å². The summed E-state index contributed by atoms with van der Waals surface area (Å²) in [6, 6.07) is 6.19. The number of carbonyl (C=O) groups is 1. The summed E-state index contributed by atoms with van der Waals surface area (Å²) in [5, 5.41) is 9.21. The molecule has 0 saturated carbocycles. The zero-order chi connectivity index (χ0) is 13.7. The van der Waals surface area contributed by atoms with E-state index in [1.165, 1.54) is 6.07 Å². The van der Waals surface area contributed by atoms with Crippen molar-refractivity contribution >= 4 is 5.91 Å². The van der Waals surface area contributed by atoms with E-state index in [9.17, 15) is 14.3 Å². The van der Waals surface area contributed by atoms with Gasteiger partial charge in [0.15, 0.2) is 0 Å². The van der Waals surface area contributed by atoms with Crippen molar-refractivity contribution in [2.45, 2.75) is 18.9 Å². The van der Waals surface area contributed by atoms with Crippen LogP contribution in [0.3, 0.4) is 0 Å². The van der Waals surface area contributed by atoms with Crippen LogP contribution in [0, 0.1) is 5.82 Å². The highest BCUT2D eigenvalue weighted by molar-refractivity contribution is 5.77. The van der Waals surface area contributed by atoms with E-state index < -0.39 is 0 Å². The monoisotopic (exact) mass is 267 g/mol. The molecule has 1 N–H and O–H groups in total. The molecule has 0 aromatic heterocycles. The fraction of sp³-hybridized carbons (Fsp3) is 0.500.